The summed E-state index contributed by atoms with van der Waals surface area (Å²) < 4.78 is 60.2. The summed E-state index contributed by atoms with van der Waals surface area (Å²) >= 11 is 0. The van der Waals surface area contributed by atoms with Crippen LogP contribution in [0.2, 0.25) is 0 Å². The van der Waals surface area contributed by atoms with Gasteiger partial charge in [-0.05, 0) is 24.3 Å². The molecule has 90 valence electrons. The Morgan fingerprint density at radius 1 is 1.00 bits per heavy atom. The molecule has 0 spiro atoms. The maximum absolute atomic E-state index is 12.5. The third-order valence-corrected chi connectivity index (χ3v) is 1.80. The van der Waals surface area contributed by atoms with Crippen molar-refractivity contribution in [3.63, 3.8) is 0 Å². The molecule has 0 saturated carbocycles. The lowest BCUT2D eigenvalue weighted by atomic mass is 10.2. The Kier molecular flexibility index (Phi) is 3.25. The normalized spacial score (nSPS) is 12.6. The fourth-order valence-electron chi connectivity index (χ4n) is 0.893. The van der Waals surface area contributed by atoms with Crippen LogP contribution >= 0.6 is 0 Å². The highest BCUT2D eigenvalue weighted by atomic mass is 19.4. The molecule has 0 bridgehead atoms. The topological polar surface area (TPSA) is 32.3 Å². The van der Waals surface area contributed by atoms with Crippen molar-refractivity contribution < 1.29 is 27.1 Å². The Morgan fingerprint density at radius 2 is 1.50 bits per heavy atom. The minimum atomic E-state index is -5.57. The van der Waals surface area contributed by atoms with Crippen molar-refractivity contribution >= 4 is 5.69 Å². The second kappa shape index (κ2) is 4.15. The highest BCUT2D eigenvalue weighted by molar-refractivity contribution is 5.46. The number of hydrogen-bond acceptors (Lipinski definition) is 2. The first-order chi connectivity index (χ1) is 7.22. The standard InChI is InChI=1S/C9H8F5NO/c10-8(11,9(12,13)14)5-15-6-1-3-7(16)4-2-6/h1-4,15-16H,5H2. The van der Waals surface area contributed by atoms with Crippen LogP contribution < -0.4 is 5.32 Å². The van der Waals surface area contributed by atoms with Crippen LogP contribution in [0.3, 0.4) is 0 Å². The van der Waals surface area contributed by atoms with Gasteiger partial charge < -0.3 is 10.4 Å². The largest absolute Gasteiger partial charge is 0.508 e. The summed E-state index contributed by atoms with van der Waals surface area (Å²) in [5.41, 5.74) is 0.0710. The van der Waals surface area contributed by atoms with Crippen LogP contribution in [0.15, 0.2) is 24.3 Å². The summed E-state index contributed by atoms with van der Waals surface area (Å²) in [6.45, 7) is -1.54. The van der Waals surface area contributed by atoms with Gasteiger partial charge in [-0.2, -0.15) is 22.0 Å². The fraction of sp³-hybridized carbons (Fsp3) is 0.333. The van der Waals surface area contributed by atoms with E-state index in [2.05, 4.69) is 0 Å². The van der Waals surface area contributed by atoms with Gasteiger partial charge in [-0.15, -0.1) is 0 Å². The number of phenols is 1. The summed E-state index contributed by atoms with van der Waals surface area (Å²) in [4.78, 5) is 0. The lowest BCUT2D eigenvalue weighted by Gasteiger charge is -2.20. The van der Waals surface area contributed by atoms with Crippen LogP contribution in [0.1, 0.15) is 0 Å². The Hall–Kier alpha value is -1.53. The van der Waals surface area contributed by atoms with E-state index in [4.69, 9.17) is 5.11 Å². The van der Waals surface area contributed by atoms with Gasteiger partial charge in [0, 0.05) is 5.69 Å². The molecule has 0 aliphatic heterocycles. The quantitative estimate of drug-likeness (QED) is 0.629. The molecule has 0 amide bonds. The molecular formula is C9H8F5NO. The van der Waals surface area contributed by atoms with Crippen molar-refractivity contribution in [3.8, 4) is 5.75 Å². The zero-order valence-corrected chi connectivity index (χ0v) is 7.85. The number of aromatic hydroxyl groups is 1. The van der Waals surface area contributed by atoms with E-state index in [1.165, 1.54) is 24.3 Å². The van der Waals surface area contributed by atoms with Gasteiger partial charge >= 0.3 is 12.1 Å². The molecule has 0 aromatic heterocycles. The summed E-state index contributed by atoms with van der Waals surface area (Å²) in [5, 5.41) is 10.8. The van der Waals surface area contributed by atoms with Crippen molar-refractivity contribution in [2.75, 3.05) is 11.9 Å². The average Bonchev–Trinajstić information content (AvgIpc) is 2.15. The maximum Gasteiger partial charge on any atom is 0.455 e. The van der Waals surface area contributed by atoms with Gasteiger partial charge in [0.2, 0.25) is 0 Å². The third-order valence-electron chi connectivity index (χ3n) is 1.80. The zero-order chi connectivity index (χ0) is 12.4. The Morgan fingerprint density at radius 3 is 1.94 bits per heavy atom. The highest BCUT2D eigenvalue weighted by Crippen LogP contribution is 2.35. The molecule has 1 aromatic carbocycles. The van der Waals surface area contributed by atoms with E-state index in [0.717, 1.165) is 0 Å². The Balaban J connectivity index is 2.61. The number of anilines is 1. The van der Waals surface area contributed by atoms with Gasteiger partial charge in [-0.25, -0.2) is 0 Å². The van der Waals surface area contributed by atoms with Gasteiger partial charge in [0.15, 0.2) is 0 Å². The second-order valence-electron chi connectivity index (χ2n) is 3.10. The molecule has 2 N–H and O–H groups in total. The Bertz CT molecular complexity index is 346. The lowest BCUT2D eigenvalue weighted by molar-refractivity contribution is -0.275. The number of phenolic OH excluding ortho intramolecular Hbond substituents is 1. The van der Waals surface area contributed by atoms with Crippen molar-refractivity contribution in [1.29, 1.82) is 0 Å². The fourth-order valence-corrected chi connectivity index (χ4v) is 0.893. The maximum atomic E-state index is 12.5. The lowest BCUT2D eigenvalue weighted by Crippen LogP contribution is -2.42. The molecule has 2 nitrogen and oxygen atoms in total. The molecule has 1 rings (SSSR count). The third kappa shape index (κ3) is 2.98. The van der Waals surface area contributed by atoms with Gasteiger partial charge in [-0.1, -0.05) is 0 Å². The molecule has 0 atom stereocenters. The van der Waals surface area contributed by atoms with Gasteiger partial charge in [0.05, 0.1) is 6.54 Å². The van der Waals surface area contributed by atoms with E-state index in [-0.39, 0.29) is 11.4 Å². The molecule has 0 heterocycles. The first-order valence-electron chi connectivity index (χ1n) is 4.20. The van der Waals surface area contributed by atoms with E-state index in [1.807, 2.05) is 5.32 Å². The van der Waals surface area contributed by atoms with Crippen molar-refractivity contribution in [3.05, 3.63) is 24.3 Å². The number of alkyl halides is 5. The minimum absolute atomic E-state index is 0.0710. The molecule has 0 fully saturated rings. The first-order valence-corrected chi connectivity index (χ1v) is 4.20. The predicted octanol–water partition coefficient (Wildman–Crippen LogP) is 3.00. The van der Waals surface area contributed by atoms with Crippen LogP contribution in [-0.2, 0) is 0 Å². The number of benzene rings is 1. The Labute approximate surface area is 87.7 Å². The van der Waals surface area contributed by atoms with Gasteiger partial charge in [0.25, 0.3) is 0 Å². The summed E-state index contributed by atoms with van der Waals surface area (Å²) in [6, 6.07) is 4.74. The molecular weight excluding hydrogens is 233 g/mol. The molecule has 0 aliphatic carbocycles. The van der Waals surface area contributed by atoms with Crippen molar-refractivity contribution in [2.45, 2.75) is 12.1 Å². The molecule has 7 heteroatoms. The number of hydrogen-bond donors (Lipinski definition) is 2. The van der Waals surface area contributed by atoms with Crippen LogP contribution in [0.25, 0.3) is 0 Å². The molecule has 0 radical (unpaired) electrons. The molecule has 0 aliphatic rings. The highest BCUT2D eigenvalue weighted by Gasteiger charge is 2.57. The minimum Gasteiger partial charge on any atom is -0.508 e. The molecule has 0 unspecified atom stereocenters. The van der Waals surface area contributed by atoms with Crippen LogP contribution in [0.4, 0.5) is 27.6 Å². The van der Waals surface area contributed by atoms with Crippen LogP contribution in [0.5, 0.6) is 5.75 Å². The predicted molar refractivity (Wildman–Crippen MR) is 47.6 cm³/mol. The number of nitrogens with one attached hydrogen (secondary N) is 1. The summed E-state index contributed by atoms with van der Waals surface area (Å²) in [6.07, 6.45) is -5.57. The smallest absolute Gasteiger partial charge is 0.455 e. The van der Waals surface area contributed by atoms with Crippen molar-refractivity contribution in [1.82, 2.24) is 0 Å². The van der Waals surface area contributed by atoms with Crippen LogP contribution in [0, 0.1) is 0 Å². The van der Waals surface area contributed by atoms with E-state index in [1.54, 1.807) is 0 Å². The average molecular weight is 241 g/mol. The van der Waals surface area contributed by atoms with E-state index >= 15 is 0 Å². The molecule has 1 aromatic rings. The summed E-state index contributed by atoms with van der Waals surface area (Å²) in [7, 11) is 0. The first kappa shape index (κ1) is 12.5. The monoisotopic (exact) mass is 241 g/mol. The van der Waals surface area contributed by atoms with E-state index in [9.17, 15) is 22.0 Å². The molecule has 0 saturated heterocycles. The second-order valence-corrected chi connectivity index (χ2v) is 3.10. The number of halogens is 5. The van der Waals surface area contributed by atoms with Crippen molar-refractivity contribution in [2.24, 2.45) is 0 Å². The van der Waals surface area contributed by atoms with Crippen LogP contribution in [-0.4, -0.2) is 23.8 Å². The van der Waals surface area contributed by atoms with Gasteiger partial charge in [-0.3, -0.25) is 0 Å². The SMILES string of the molecule is Oc1ccc(NCC(F)(F)C(F)(F)F)cc1. The van der Waals surface area contributed by atoms with E-state index in [0.29, 0.717) is 0 Å². The van der Waals surface area contributed by atoms with E-state index < -0.39 is 18.6 Å². The number of rotatable bonds is 3. The van der Waals surface area contributed by atoms with Gasteiger partial charge in [0.1, 0.15) is 5.75 Å². The molecule has 16 heavy (non-hydrogen) atoms. The summed E-state index contributed by atoms with van der Waals surface area (Å²) in [5.74, 6) is -4.89. The zero-order valence-electron chi connectivity index (χ0n) is 7.85.